The number of hydrogen-bond acceptors (Lipinski definition) is 3. The molecule has 0 spiro atoms. The zero-order valence-electron chi connectivity index (χ0n) is 8.79. The highest BCUT2D eigenvalue weighted by Crippen LogP contribution is 2.35. The second-order valence-corrected chi connectivity index (χ2v) is 3.31. The first-order chi connectivity index (χ1) is 7.22. The summed E-state index contributed by atoms with van der Waals surface area (Å²) < 4.78 is 10.4. The molecular weight excluding hydrogens is 214 g/mol. The lowest BCUT2D eigenvalue weighted by atomic mass is 10.1. The van der Waals surface area contributed by atoms with Gasteiger partial charge in [0.2, 0.25) is 0 Å². The van der Waals surface area contributed by atoms with Gasteiger partial charge in [0.15, 0.2) is 11.5 Å². The predicted octanol–water partition coefficient (Wildman–Crippen LogP) is 2.33. The molecule has 0 fully saturated rings. The largest absolute Gasteiger partial charge is 0.493 e. The maximum absolute atomic E-state index is 5.94. The van der Waals surface area contributed by atoms with Crippen LogP contribution in [0.1, 0.15) is 5.56 Å². The molecule has 0 amide bonds. The molecule has 0 heterocycles. The van der Waals surface area contributed by atoms with E-state index in [0.29, 0.717) is 23.1 Å². The molecule has 15 heavy (non-hydrogen) atoms. The van der Waals surface area contributed by atoms with Gasteiger partial charge in [-0.2, -0.15) is 0 Å². The number of methoxy groups -OCH3 is 2. The molecule has 0 aliphatic rings. The summed E-state index contributed by atoms with van der Waals surface area (Å²) in [6.45, 7) is 0.470. The highest BCUT2D eigenvalue weighted by atomic mass is 35.5. The molecule has 0 atom stereocenters. The van der Waals surface area contributed by atoms with Gasteiger partial charge in [-0.25, -0.2) is 0 Å². The fourth-order valence-corrected chi connectivity index (χ4v) is 1.49. The third kappa shape index (κ3) is 2.88. The van der Waals surface area contributed by atoms with E-state index in [1.165, 1.54) is 0 Å². The summed E-state index contributed by atoms with van der Waals surface area (Å²) in [6.07, 6.45) is 3.68. The van der Waals surface area contributed by atoms with Gasteiger partial charge in [0.1, 0.15) is 0 Å². The molecule has 0 saturated carbocycles. The van der Waals surface area contributed by atoms with E-state index in [-0.39, 0.29) is 0 Å². The maximum atomic E-state index is 5.94. The van der Waals surface area contributed by atoms with Gasteiger partial charge < -0.3 is 15.2 Å². The van der Waals surface area contributed by atoms with Gasteiger partial charge in [0, 0.05) is 23.2 Å². The standard InChI is InChI=1S/C11H14ClNO2/c1-14-10-7-9(12)6-8(4-3-5-13)11(10)15-2/h3-4,6-7H,5,13H2,1-2H3/b4-3+. The SMILES string of the molecule is COc1cc(Cl)cc(/C=C/CN)c1OC. The topological polar surface area (TPSA) is 44.5 Å². The number of nitrogens with two attached hydrogens (primary N) is 1. The van der Waals surface area contributed by atoms with Crippen molar-refractivity contribution < 1.29 is 9.47 Å². The van der Waals surface area contributed by atoms with Crippen molar-refractivity contribution in [1.82, 2.24) is 0 Å². The monoisotopic (exact) mass is 227 g/mol. The summed E-state index contributed by atoms with van der Waals surface area (Å²) in [6, 6.07) is 3.51. The Labute approximate surface area is 94.4 Å². The van der Waals surface area contributed by atoms with Crippen LogP contribution in [0.25, 0.3) is 6.08 Å². The summed E-state index contributed by atoms with van der Waals surface area (Å²) in [4.78, 5) is 0. The van der Waals surface area contributed by atoms with Crippen LogP contribution in [0, 0.1) is 0 Å². The van der Waals surface area contributed by atoms with Gasteiger partial charge in [-0.3, -0.25) is 0 Å². The van der Waals surface area contributed by atoms with Gasteiger partial charge in [-0.05, 0) is 6.07 Å². The zero-order valence-corrected chi connectivity index (χ0v) is 9.54. The van der Waals surface area contributed by atoms with Crippen molar-refractivity contribution in [3.63, 3.8) is 0 Å². The normalized spacial score (nSPS) is 10.7. The van der Waals surface area contributed by atoms with Gasteiger partial charge in [0.05, 0.1) is 14.2 Å². The summed E-state index contributed by atoms with van der Waals surface area (Å²) in [5, 5.41) is 0.601. The Bertz CT molecular complexity index is 364. The molecule has 0 aromatic heterocycles. The number of halogens is 1. The Morgan fingerprint density at radius 3 is 2.60 bits per heavy atom. The van der Waals surface area contributed by atoms with Crippen molar-refractivity contribution in [2.75, 3.05) is 20.8 Å². The maximum Gasteiger partial charge on any atom is 0.168 e. The highest BCUT2D eigenvalue weighted by molar-refractivity contribution is 6.31. The van der Waals surface area contributed by atoms with E-state index in [4.69, 9.17) is 26.8 Å². The van der Waals surface area contributed by atoms with E-state index >= 15 is 0 Å². The molecule has 0 bridgehead atoms. The average Bonchev–Trinajstić information content (AvgIpc) is 2.25. The van der Waals surface area contributed by atoms with Crippen LogP contribution in [0.2, 0.25) is 5.02 Å². The van der Waals surface area contributed by atoms with Crippen molar-refractivity contribution in [2.24, 2.45) is 5.73 Å². The number of ether oxygens (including phenoxy) is 2. The van der Waals surface area contributed by atoms with Crippen LogP contribution in [0.15, 0.2) is 18.2 Å². The lowest BCUT2D eigenvalue weighted by Gasteiger charge is -2.10. The van der Waals surface area contributed by atoms with Gasteiger partial charge in [-0.15, -0.1) is 0 Å². The average molecular weight is 228 g/mol. The number of rotatable bonds is 4. The summed E-state index contributed by atoms with van der Waals surface area (Å²) in [5.41, 5.74) is 6.24. The molecule has 0 aliphatic heterocycles. The first-order valence-electron chi connectivity index (χ1n) is 4.51. The van der Waals surface area contributed by atoms with Crippen LogP contribution in [-0.4, -0.2) is 20.8 Å². The van der Waals surface area contributed by atoms with Crippen LogP contribution >= 0.6 is 11.6 Å². The Balaban J connectivity index is 3.22. The molecule has 0 aliphatic carbocycles. The fourth-order valence-electron chi connectivity index (χ4n) is 1.28. The lowest BCUT2D eigenvalue weighted by molar-refractivity contribution is 0.354. The van der Waals surface area contributed by atoms with Crippen LogP contribution in [-0.2, 0) is 0 Å². The first kappa shape index (κ1) is 11.9. The quantitative estimate of drug-likeness (QED) is 0.859. The molecule has 4 heteroatoms. The predicted molar refractivity (Wildman–Crippen MR) is 62.6 cm³/mol. The van der Waals surface area contributed by atoms with Crippen LogP contribution in [0.3, 0.4) is 0 Å². The van der Waals surface area contributed by atoms with Gasteiger partial charge >= 0.3 is 0 Å². The van der Waals surface area contributed by atoms with E-state index in [1.54, 1.807) is 26.4 Å². The Morgan fingerprint density at radius 2 is 2.07 bits per heavy atom. The highest BCUT2D eigenvalue weighted by Gasteiger charge is 2.09. The number of benzene rings is 1. The molecular formula is C11H14ClNO2. The Hall–Kier alpha value is -1.19. The molecule has 1 aromatic rings. The minimum Gasteiger partial charge on any atom is -0.493 e. The van der Waals surface area contributed by atoms with Gasteiger partial charge in [0.25, 0.3) is 0 Å². The molecule has 0 saturated heterocycles. The van der Waals surface area contributed by atoms with E-state index in [2.05, 4.69) is 0 Å². The van der Waals surface area contributed by atoms with E-state index in [0.717, 1.165) is 5.56 Å². The lowest BCUT2D eigenvalue weighted by Crippen LogP contribution is -1.95. The van der Waals surface area contributed by atoms with E-state index in [1.807, 2.05) is 12.2 Å². The van der Waals surface area contributed by atoms with Crippen molar-refractivity contribution in [3.8, 4) is 11.5 Å². The molecule has 1 aromatic carbocycles. The third-order valence-electron chi connectivity index (χ3n) is 1.91. The van der Waals surface area contributed by atoms with Crippen LogP contribution in [0.4, 0.5) is 0 Å². The summed E-state index contributed by atoms with van der Waals surface area (Å²) >= 11 is 5.94. The van der Waals surface area contributed by atoms with Crippen molar-refractivity contribution in [3.05, 3.63) is 28.8 Å². The zero-order chi connectivity index (χ0) is 11.3. The smallest absolute Gasteiger partial charge is 0.168 e. The minimum absolute atomic E-state index is 0.470. The van der Waals surface area contributed by atoms with Crippen LogP contribution in [0.5, 0.6) is 11.5 Å². The van der Waals surface area contributed by atoms with E-state index in [9.17, 15) is 0 Å². The van der Waals surface area contributed by atoms with Crippen molar-refractivity contribution >= 4 is 17.7 Å². The third-order valence-corrected chi connectivity index (χ3v) is 2.12. The molecule has 82 valence electrons. The summed E-state index contributed by atoms with van der Waals surface area (Å²) in [7, 11) is 3.16. The van der Waals surface area contributed by atoms with Gasteiger partial charge in [-0.1, -0.05) is 23.8 Å². The Kier molecular flexibility index (Phi) is 4.46. The van der Waals surface area contributed by atoms with E-state index < -0.39 is 0 Å². The minimum atomic E-state index is 0.470. The molecule has 1 rings (SSSR count). The fraction of sp³-hybridized carbons (Fsp3) is 0.273. The van der Waals surface area contributed by atoms with Crippen LogP contribution < -0.4 is 15.2 Å². The molecule has 0 unspecified atom stereocenters. The molecule has 0 radical (unpaired) electrons. The molecule has 3 nitrogen and oxygen atoms in total. The Morgan fingerprint density at radius 1 is 1.33 bits per heavy atom. The summed E-state index contributed by atoms with van der Waals surface area (Å²) in [5.74, 6) is 1.27. The van der Waals surface area contributed by atoms with Crippen molar-refractivity contribution in [2.45, 2.75) is 0 Å². The molecule has 2 N–H and O–H groups in total. The first-order valence-corrected chi connectivity index (χ1v) is 4.88. The second-order valence-electron chi connectivity index (χ2n) is 2.87. The second kappa shape index (κ2) is 5.63. The number of hydrogen-bond donors (Lipinski definition) is 1. The van der Waals surface area contributed by atoms with Crippen molar-refractivity contribution in [1.29, 1.82) is 0 Å².